The van der Waals surface area contributed by atoms with Gasteiger partial charge in [-0.15, -0.1) is 0 Å². The number of ether oxygens (including phenoxy) is 6. The second-order valence-corrected chi connectivity index (χ2v) is 15.5. The van der Waals surface area contributed by atoms with Gasteiger partial charge in [-0.25, -0.2) is 0 Å². The van der Waals surface area contributed by atoms with Crippen LogP contribution in [0.5, 0.6) is 0 Å². The molecule has 3 rings (SSSR count). The lowest BCUT2D eigenvalue weighted by atomic mass is 9.75. The quantitative estimate of drug-likeness (QED) is 0.289. The number of esters is 1. The highest BCUT2D eigenvalue weighted by Gasteiger charge is 2.51. The van der Waals surface area contributed by atoms with Crippen molar-refractivity contribution in [1.82, 2.24) is 5.32 Å². The smallest absolute Gasteiger partial charge is 0.311 e. The maximum absolute atomic E-state index is 14.0. The van der Waals surface area contributed by atoms with Gasteiger partial charge >= 0.3 is 5.97 Å². The van der Waals surface area contributed by atoms with E-state index in [0.29, 0.717) is 19.3 Å². The monoisotopic (exact) mass is 687 g/mol. The van der Waals surface area contributed by atoms with Gasteiger partial charge in [0.05, 0.1) is 41.5 Å². The molecule has 1 unspecified atom stereocenters. The summed E-state index contributed by atoms with van der Waals surface area (Å²) in [6, 6.07) is -0.317. The van der Waals surface area contributed by atoms with E-state index in [-0.39, 0.29) is 42.6 Å². The van der Waals surface area contributed by atoms with Crippen molar-refractivity contribution in [3.05, 3.63) is 0 Å². The van der Waals surface area contributed by atoms with Gasteiger partial charge in [0.25, 0.3) is 0 Å². The topological polar surface area (TPSA) is 162 Å². The van der Waals surface area contributed by atoms with Gasteiger partial charge in [-0.2, -0.15) is 0 Å². The molecule has 4 N–H and O–H groups in total. The molecule has 3 aliphatic heterocycles. The van der Waals surface area contributed by atoms with Crippen LogP contribution >= 0.6 is 0 Å². The standard InChI is InChI=1S/C36H65NO11/c1-13-26-18(2)14-19(3)28(38)20(4)16-35(9,42)32(48-34-29(39)25(37-11)15-21(5)44-34)22(6)30(23(7)33(41)46-26)47-27-17-36(10,43-12)31(40)24(8)45-27/h18-27,29-32,34,37,39-40,42H,13-17H2,1-12H3/t18-,19-,20-,21-,22+,23-,24+,25+,26-,27+,29-,30+,31+,32-,34+,35?,36-/m1/s1. The van der Waals surface area contributed by atoms with E-state index in [1.165, 1.54) is 7.11 Å². The number of cyclic esters (lactones) is 1. The Kier molecular flexibility index (Phi) is 14.5. The summed E-state index contributed by atoms with van der Waals surface area (Å²) < 4.78 is 37.3. The Hall–Kier alpha value is -1.22. The molecule has 0 aromatic rings. The van der Waals surface area contributed by atoms with Crippen LogP contribution < -0.4 is 5.32 Å². The fourth-order valence-electron chi connectivity index (χ4n) is 8.21. The zero-order chi connectivity index (χ0) is 36.3. The van der Waals surface area contributed by atoms with E-state index in [0.717, 1.165) is 0 Å². The van der Waals surface area contributed by atoms with E-state index < -0.39 is 84.1 Å². The summed E-state index contributed by atoms with van der Waals surface area (Å²) in [5.74, 6) is -2.95. The lowest BCUT2D eigenvalue weighted by Crippen LogP contribution is -2.60. The van der Waals surface area contributed by atoms with Crippen LogP contribution in [0.4, 0.5) is 0 Å². The highest BCUT2D eigenvalue weighted by atomic mass is 16.7. The second kappa shape index (κ2) is 16.9. The first kappa shape index (κ1) is 41.2. The number of Topliss-reactive ketones (excluding diaryl/α,β-unsaturated/α-hetero) is 1. The molecule has 3 aliphatic rings. The number of hydrogen-bond acceptors (Lipinski definition) is 12. The SMILES string of the molecule is CC[C@H]1OC(=O)[C@H](C)[C@@H](O[C@H]2C[C@@](C)(OC)[C@@H](O)[C@H](C)O2)[C@H](C)[C@@H](O[C@@H]2O[C@H](C)C[C@H](NC)[C@H]2O)C(C)(O)C[C@@H](C)C(=O)[C@H](C)C[C@H]1C. The molecule has 17 atom stereocenters. The van der Waals surface area contributed by atoms with Crippen molar-refractivity contribution >= 4 is 11.8 Å². The Morgan fingerprint density at radius 3 is 2.17 bits per heavy atom. The van der Waals surface area contributed by atoms with Crippen LogP contribution in [0.2, 0.25) is 0 Å². The fourth-order valence-corrected chi connectivity index (χ4v) is 8.21. The average molecular weight is 688 g/mol. The number of methoxy groups -OCH3 is 1. The summed E-state index contributed by atoms with van der Waals surface area (Å²) in [5, 5.41) is 37.6. The third kappa shape index (κ3) is 9.36. The molecule has 280 valence electrons. The van der Waals surface area contributed by atoms with Crippen molar-refractivity contribution in [1.29, 1.82) is 0 Å². The largest absolute Gasteiger partial charge is 0.462 e. The zero-order valence-electron chi connectivity index (χ0n) is 31.3. The summed E-state index contributed by atoms with van der Waals surface area (Å²) in [7, 11) is 3.28. The fraction of sp³-hybridized carbons (Fsp3) is 0.944. The van der Waals surface area contributed by atoms with Crippen LogP contribution in [0.3, 0.4) is 0 Å². The van der Waals surface area contributed by atoms with Crippen molar-refractivity contribution < 1.29 is 53.3 Å². The van der Waals surface area contributed by atoms with Gasteiger partial charge in [0.15, 0.2) is 12.6 Å². The summed E-state index contributed by atoms with van der Waals surface area (Å²) in [6.07, 6.45) is -5.36. The molecular formula is C36H65NO11. The molecular weight excluding hydrogens is 622 g/mol. The zero-order valence-corrected chi connectivity index (χ0v) is 31.3. The van der Waals surface area contributed by atoms with Crippen LogP contribution in [-0.2, 0) is 38.0 Å². The molecule has 0 bridgehead atoms. The van der Waals surface area contributed by atoms with E-state index in [1.54, 1.807) is 34.7 Å². The van der Waals surface area contributed by atoms with E-state index in [9.17, 15) is 24.9 Å². The molecule has 0 aliphatic carbocycles. The molecule has 0 saturated carbocycles. The molecule has 0 amide bonds. The summed E-state index contributed by atoms with van der Waals surface area (Å²) in [6.45, 7) is 18.2. The first-order chi connectivity index (χ1) is 22.3. The van der Waals surface area contributed by atoms with E-state index in [1.807, 2.05) is 41.5 Å². The minimum absolute atomic E-state index is 0.00718. The summed E-state index contributed by atoms with van der Waals surface area (Å²) in [5.41, 5.74) is -2.61. The van der Waals surface area contributed by atoms with Crippen molar-refractivity contribution in [2.45, 2.75) is 174 Å². The normalized spacial score (nSPS) is 48.9. The Morgan fingerprint density at radius 1 is 0.938 bits per heavy atom. The molecule has 0 spiro atoms. The maximum Gasteiger partial charge on any atom is 0.311 e. The van der Waals surface area contributed by atoms with Crippen LogP contribution in [0.1, 0.15) is 101 Å². The van der Waals surface area contributed by atoms with Gasteiger partial charge in [0, 0.05) is 37.3 Å². The number of carbonyl (C=O) groups excluding carboxylic acids is 2. The van der Waals surface area contributed by atoms with Crippen molar-refractivity contribution in [2.24, 2.45) is 29.6 Å². The predicted octanol–water partition coefficient (Wildman–Crippen LogP) is 3.36. The lowest BCUT2D eigenvalue weighted by Gasteiger charge is -2.48. The lowest BCUT2D eigenvalue weighted by molar-refractivity contribution is -0.315. The van der Waals surface area contributed by atoms with Gasteiger partial charge in [-0.1, -0.05) is 34.6 Å². The average Bonchev–Trinajstić information content (AvgIpc) is 3.02. The van der Waals surface area contributed by atoms with Crippen LogP contribution in [0, 0.1) is 29.6 Å². The third-order valence-corrected chi connectivity index (χ3v) is 11.3. The number of likely N-dealkylation sites (N-methyl/N-ethyl adjacent to an activating group) is 1. The molecule has 3 fully saturated rings. The van der Waals surface area contributed by atoms with Crippen molar-refractivity contribution in [2.75, 3.05) is 14.2 Å². The van der Waals surface area contributed by atoms with Crippen LogP contribution in [-0.4, -0.2) is 114 Å². The molecule has 48 heavy (non-hydrogen) atoms. The molecule has 0 aromatic carbocycles. The maximum atomic E-state index is 14.0. The molecule has 12 nitrogen and oxygen atoms in total. The molecule has 3 saturated heterocycles. The molecule has 3 heterocycles. The van der Waals surface area contributed by atoms with E-state index in [4.69, 9.17) is 28.4 Å². The highest BCUT2D eigenvalue weighted by Crippen LogP contribution is 2.40. The molecule has 0 aromatic heterocycles. The highest BCUT2D eigenvalue weighted by molar-refractivity contribution is 5.83. The molecule has 0 radical (unpaired) electrons. The van der Waals surface area contributed by atoms with Gasteiger partial charge in [0.2, 0.25) is 0 Å². The number of rotatable bonds is 7. The van der Waals surface area contributed by atoms with Crippen LogP contribution in [0.15, 0.2) is 0 Å². The predicted molar refractivity (Wildman–Crippen MR) is 179 cm³/mol. The number of aliphatic hydroxyl groups is 3. The Morgan fingerprint density at radius 2 is 1.58 bits per heavy atom. The summed E-state index contributed by atoms with van der Waals surface area (Å²) in [4.78, 5) is 27.7. The minimum atomic E-state index is -1.63. The van der Waals surface area contributed by atoms with E-state index in [2.05, 4.69) is 5.32 Å². The van der Waals surface area contributed by atoms with Crippen molar-refractivity contribution in [3.63, 3.8) is 0 Å². The van der Waals surface area contributed by atoms with Crippen LogP contribution in [0.25, 0.3) is 0 Å². The van der Waals surface area contributed by atoms with Gasteiger partial charge in [-0.3, -0.25) is 9.59 Å². The second-order valence-electron chi connectivity index (χ2n) is 15.5. The number of aliphatic hydroxyl groups excluding tert-OH is 2. The van der Waals surface area contributed by atoms with E-state index >= 15 is 0 Å². The Labute approximate surface area is 287 Å². The Bertz CT molecular complexity index is 1060. The number of nitrogens with one attached hydrogen (secondary N) is 1. The Balaban J connectivity index is 2.12. The summed E-state index contributed by atoms with van der Waals surface area (Å²) >= 11 is 0. The first-order valence-electron chi connectivity index (χ1n) is 18.0. The third-order valence-electron chi connectivity index (χ3n) is 11.3. The van der Waals surface area contributed by atoms with Gasteiger partial charge in [0.1, 0.15) is 24.1 Å². The number of ketones is 1. The molecule has 12 heteroatoms. The first-order valence-corrected chi connectivity index (χ1v) is 18.0. The number of hydrogen-bond donors (Lipinski definition) is 4. The minimum Gasteiger partial charge on any atom is -0.462 e. The van der Waals surface area contributed by atoms with Crippen molar-refractivity contribution in [3.8, 4) is 0 Å². The van der Waals surface area contributed by atoms with Gasteiger partial charge < -0.3 is 49.1 Å². The number of carbonyl (C=O) groups is 2. The van der Waals surface area contributed by atoms with Gasteiger partial charge in [-0.05, 0) is 73.3 Å².